The average Bonchev–Trinajstić information content (AvgIpc) is 2.36. The Kier molecular flexibility index (Phi) is 14.6. The fourth-order valence-electron chi connectivity index (χ4n) is 2.20. The molecule has 0 bridgehead atoms. The Morgan fingerprint density at radius 1 is 0.947 bits per heavy atom. The van der Waals surface area contributed by atoms with E-state index in [-0.39, 0.29) is 23.9 Å². The Hall–Kier alpha value is -0.0100. The predicted octanol–water partition coefficient (Wildman–Crippen LogP) is 5.87. The number of halogens is 1. The van der Waals surface area contributed by atoms with Gasteiger partial charge in [0.25, 0.3) is 0 Å². The molecule has 0 aliphatic rings. The molecule has 1 unspecified atom stereocenters. The molecule has 2 heteroatoms. The van der Waals surface area contributed by atoms with Crippen LogP contribution in [0.15, 0.2) is 12.7 Å². The van der Waals surface area contributed by atoms with E-state index in [2.05, 4.69) is 27.4 Å². The third-order valence-corrected chi connectivity index (χ3v) is 4.10. The van der Waals surface area contributed by atoms with Crippen LogP contribution in [0.3, 0.4) is 0 Å². The molecule has 0 spiro atoms. The molecule has 0 aliphatic carbocycles. The lowest BCUT2D eigenvalue weighted by Crippen LogP contribution is -2.35. The lowest BCUT2D eigenvalue weighted by molar-refractivity contribution is 0.343. The first-order valence-corrected chi connectivity index (χ1v) is 7.93. The lowest BCUT2D eigenvalue weighted by Gasteiger charge is -2.28. The standard InChI is InChI=1S/C17H35N.ClH/c1-5-7-8-9-10-11-12-13-14-15-16(18)17(3,4)6-2;/h6,16H,2,5,7-15,18H2,1,3-4H3;1H. The zero-order chi connectivity index (χ0) is 13.9. The van der Waals surface area contributed by atoms with E-state index < -0.39 is 0 Å². The van der Waals surface area contributed by atoms with Crippen molar-refractivity contribution in [3.05, 3.63) is 12.7 Å². The fraction of sp³-hybridized carbons (Fsp3) is 0.882. The van der Waals surface area contributed by atoms with Gasteiger partial charge in [-0.1, -0.05) is 84.6 Å². The van der Waals surface area contributed by atoms with Crippen LogP contribution >= 0.6 is 12.4 Å². The molecular formula is C17H36ClN. The van der Waals surface area contributed by atoms with Gasteiger partial charge in [-0.2, -0.15) is 0 Å². The van der Waals surface area contributed by atoms with Crippen LogP contribution in [0.1, 0.15) is 85.0 Å². The van der Waals surface area contributed by atoms with Crippen molar-refractivity contribution in [1.29, 1.82) is 0 Å². The molecule has 0 saturated heterocycles. The summed E-state index contributed by atoms with van der Waals surface area (Å²) in [5.41, 5.74) is 6.27. The largest absolute Gasteiger partial charge is 0.327 e. The van der Waals surface area contributed by atoms with Gasteiger partial charge in [0.1, 0.15) is 0 Å². The van der Waals surface area contributed by atoms with Crippen LogP contribution in [0.2, 0.25) is 0 Å². The van der Waals surface area contributed by atoms with E-state index in [0.29, 0.717) is 0 Å². The molecule has 0 heterocycles. The van der Waals surface area contributed by atoms with Gasteiger partial charge in [-0.3, -0.25) is 0 Å². The highest BCUT2D eigenvalue weighted by Gasteiger charge is 2.21. The van der Waals surface area contributed by atoms with Crippen molar-refractivity contribution in [2.45, 2.75) is 91.0 Å². The van der Waals surface area contributed by atoms with Crippen LogP contribution in [-0.4, -0.2) is 6.04 Å². The number of unbranched alkanes of at least 4 members (excludes halogenated alkanes) is 8. The Bertz CT molecular complexity index is 201. The van der Waals surface area contributed by atoms with Crippen LogP contribution < -0.4 is 5.73 Å². The topological polar surface area (TPSA) is 26.0 Å². The number of nitrogens with two attached hydrogens (primary N) is 1. The molecule has 0 amide bonds. The predicted molar refractivity (Wildman–Crippen MR) is 91.0 cm³/mol. The first-order valence-electron chi connectivity index (χ1n) is 7.93. The van der Waals surface area contributed by atoms with E-state index in [9.17, 15) is 0 Å². The molecule has 0 aromatic rings. The van der Waals surface area contributed by atoms with Crippen molar-refractivity contribution < 1.29 is 0 Å². The molecule has 1 atom stereocenters. The lowest BCUT2D eigenvalue weighted by atomic mass is 9.82. The van der Waals surface area contributed by atoms with Crippen LogP contribution in [-0.2, 0) is 0 Å². The van der Waals surface area contributed by atoms with Crippen molar-refractivity contribution in [3.63, 3.8) is 0 Å². The van der Waals surface area contributed by atoms with Gasteiger partial charge in [0.15, 0.2) is 0 Å². The molecule has 0 aromatic heterocycles. The Labute approximate surface area is 127 Å². The van der Waals surface area contributed by atoms with Crippen LogP contribution in [0.25, 0.3) is 0 Å². The minimum Gasteiger partial charge on any atom is -0.327 e. The Morgan fingerprint density at radius 3 is 1.79 bits per heavy atom. The molecule has 0 rings (SSSR count). The number of hydrogen-bond donors (Lipinski definition) is 1. The zero-order valence-electron chi connectivity index (χ0n) is 13.4. The van der Waals surface area contributed by atoms with E-state index in [0.717, 1.165) is 6.42 Å². The van der Waals surface area contributed by atoms with Gasteiger partial charge in [0.05, 0.1) is 0 Å². The maximum Gasteiger partial charge on any atom is 0.0125 e. The maximum absolute atomic E-state index is 6.19. The normalized spacial score (nSPS) is 12.8. The quantitative estimate of drug-likeness (QED) is 0.353. The monoisotopic (exact) mass is 289 g/mol. The zero-order valence-corrected chi connectivity index (χ0v) is 14.2. The summed E-state index contributed by atoms with van der Waals surface area (Å²) in [4.78, 5) is 0. The smallest absolute Gasteiger partial charge is 0.0125 e. The summed E-state index contributed by atoms with van der Waals surface area (Å²) in [5.74, 6) is 0. The molecule has 116 valence electrons. The van der Waals surface area contributed by atoms with E-state index in [4.69, 9.17) is 5.73 Å². The van der Waals surface area contributed by atoms with E-state index >= 15 is 0 Å². The fourth-order valence-corrected chi connectivity index (χ4v) is 2.20. The van der Waals surface area contributed by atoms with E-state index in [1.165, 1.54) is 57.8 Å². The Balaban J connectivity index is 0. The highest BCUT2D eigenvalue weighted by atomic mass is 35.5. The molecule has 0 aromatic carbocycles. The van der Waals surface area contributed by atoms with Gasteiger partial charge in [-0.15, -0.1) is 19.0 Å². The van der Waals surface area contributed by atoms with Gasteiger partial charge in [-0.05, 0) is 11.8 Å². The van der Waals surface area contributed by atoms with E-state index in [1.807, 2.05) is 6.08 Å². The van der Waals surface area contributed by atoms with Crippen LogP contribution in [0, 0.1) is 5.41 Å². The molecule has 0 fully saturated rings. The van der Waals surface area contributed by atoms with Crippen molar-refractivity contribution >= 4 is 12.4 Å². The second-order valence-electron chi connectivity index (χ2n) is 6.25. The molecule has 19 heavy (non-hydrogen) atoms. The highest BCUT2D eigenvalue weighted by Crippen LogP contribution is 2.24. The molecule has 2 N–H and O–H groups in total. The van der Waals surface area contributed by atoms with Gasteiger partial charge < -0.3 is 5.73 Å². The van der Waals surface area contributed by atoms with Crippen LogP contribution in [0.4, 0.5) is 0 Å². The van der Waals surface area contributed by atoms with Gasteiger partial charge >= 0.3 is 0 Å². The van der Waals surface area contributed by atoms with Gasteiger partial charge in [0.2, 0.25) is 0 Å². The molecule has 0 aliphatic heterocycles. The van der Waals surface area contributed by atoms with Gasteiger partial charge in [0, 0.05) is 6.04 Å². The molecule has 1 nitrogen and oxygen atoms in total. The first-order chi connectivity index (χ1) is 8.54. The first kappa shape index (κ1) is 21.3. The van der Waals surface area contributed by atoms with Crippen molar-refractivity contribution in [2.24, 2.45) is 11.1 Å². The molecular weight excluding hydrogens is 254 g/mol. The van der Waals surface area contributed by atoms with Gasteiger partial charge in [-0.25, -0.2) is 0 Å². The summed E-state index contributed by atoms with van der Waals surface area (Å²) in [7, 11) is 0. The summed E-state index contributed by atoms with van der Waals surface area (Å²) < 4.78 is 0. The van der Waals surface area contributed by atoms with Crippen molar-refractivity contribution in [2.75, 3.05) is 0 Å². The molecule has 0 radical (unpaired) electrons. The minimum absolute atomic E-state index is 0. The minimum atomic E-state index is 0. The summed E-state index contributed by atoms with van der Waals surface area (Å²) in [5, 5.41) is 0. The second-order valence-corrected chi connectivity index (χ2v) is 6.25. The summed E-state index contributed by atoms with van der Waals surface area (Å²) in [6.07, 6.45) is 15.6. The highest BCUT2D eigenvalue weighted by molar-refractivity contribution is 5.85. The maximum atomic E-state index is 6.19. The number of rotatable bonds is 12. The number of hydrogen-bond acceptors (Lipinski definition) is 1. The Morgan fingerprint density at radius 2 is 1.37 bits per heavy atom. The van der Waals surface area contributed by atoms with Crippen LogP contribution in [0.5, 0.6) is 0 Å². The average molecular weight is 290 g/mol. The molecule has 0 saturated carbocycles. The second kappa shape index (κ2) is 13.0. The van der Waals surface area contributed by atoms with E-state index in [1.54, 1.807) is 0 Å². The third kappa shape index (κ3) is 11.5. The third-order valence-electron chi connectivity index (χ3n) is 4.10. The van der Waals surface area contributed by atoms with Crippen molar-refractivity contribution in [1.82, 2.24) is 0 Å². The summed E-state index contributed by atoms with van der Waals surface area (Å²) in [6.45, 7) is 10.5. The summed E-state index contributed by atoms with van der Waals surface area (Å²) >= 11 is 0. The van der Waals surface area contributed by atoms with Crippen molar-refractivity contribution in [3.8, 4) is 0 Å². The summed E-state index contributed by atoms with van der Waals surface area (Å²) in [6, 6.07) is 0.263. The SMILES string of the molecule is C=CC(C)(C)C(N)CCCCCCCCCCC.Cl.